The second-order valence-corrected chi connectivity index (χ2v) is 12.2. The van der Waals surface area contributed by atoms with Crippen molar-refractivity contribution < 1.29 is 29.0 Å². The molecule has 42 heavy (non-hydrogen) atoms. The van der Waals surface area contributed by atoms with Gasteiger partial charge in [0.2, 0.25) is 5.91 Å². The van der Waals surface area contributed by atoms with E-state index in [0.29, 0.717) is 31.5 Å². The van der Waals surface area contributed by atoms with Crippen LogP contribution in [-0.4, -0.2) is 57.3 Å². The quantitative estimate of drug-likeness (QED) is 0.402. The molecule has 2 aliphatic heterocycles. The Labute approximate surface area is 245 Å². The minimum Gasteiger partial charge on any atom is -0.478 e. The van der Waals surface area contributed by atoms with Crippen molar-refractivity contribution in [2.24, 2.45) is 17.6 Å². The number of ketones is 1. The first-order valence-electron chi connectivity index (χ1n) is 14.3. The van der Waals surface area contributed by atoms with Crippen LogP contribution in [0, 0.1) is 11.8 Å². The number of ether oxygens (including phenoxy) is 1. The number of amides is 2. The predicted molar refractivity (Wildman–Crippen MR) is 158 cm³/mol. The van der Waals surface area contributed by atoms with Crippen molar-refractivity contribution in [3.63, 3.8) is 0 Å². The molecule has 0 bridgehead atoms. The van der Waals surface area contributed by atoms with Gasteiger partial charge in [-0.15, -0.1) is 0 Å². The van der Waals surface area contributed by atoms with Crippen LogP contribution in [0.4, 0.5) is 4.79 Å². The van der Waals surface area contributed by atoms with E-state index in [2.05, 4.69) is 0 Å². The van der Waals surface area contributed by atoms with Gasteiger partial charge in [0.1, 0.15) is 17.3 Å². The van der Waals surface area contributed by atoms with Crippen molar-refractivity contribution >= 4 is 34.5 Å². The maximum atomic E-state index is 14.2. The molecular formula is C33H37N3O6. The summed E-state index contributed by atoms with van der Waals surface area (Å²) in [5.74, 6) is -3.20. The summed E-state index contributed by atoms with van der Waals surface area (Å²) in [6.45, 7) is 6.62. The van der Waals surface area contributed by atoms with Crippen LogP contribution in [0.15, 0.2) is 60.7 Å². The van der Waals surface area contributed by atoms with E-state index >= 15 is 0 Å². The Morgan fingerprint density at radius 3 is 2.21 bits per heavy atom. The smallest absolute Gasteiger partial charge is 0.410 e. The third kappa shape index (κ3) is 6.16. The van der Waals surface area contributed by atoms with E-state index in [-0.39, 0.29) is 30.3 Å². The number of aromatic carboxylic acids is 1. The molecule has 1 unspecified atom stereocenters. The lowest BCUT2D eigenvalue weighted by molar-refractivity contribution is -0.145. The number of nitrogens with zero attached hydrogens (tertiary/aromatic N) is 2. The number of fused-ring (bicyclic) bond motifs is 2. The van der Waals surface area contributed by atoms with Crippen LogP contribution in [0.1, 0.15) is 66.7 Å². The third-order valence-corrected chi connectivity index (χ3v) is 8.13. The Balaban J connectivity index is 1.39. The predicted octanol–water partition coefficient (Wildman–Crippen LogP) is 4.91. The fourth-order valence-corrected chi connectivity index (χ4v) is 5.87. The number of hydrogen-bond donors (Lipinski definition) is 2. The number of likely N-dealkylation sites (tertiary alicyclic amines) is 1. The maximum Gasteiger partial charge on any atom is 0.410 e. The summed E-state index contributed by atoms with van der Waals surface area (Å²) in [7, 11) is 0. The molecule has 2 aliphatic rings. The highest BCUT2D eigenvalue weighted by atomic mass is 16.6. The van der Waals surface area contributed by atoms with Crippen LogP contribution in [0.5, 0.6) is 0 Å². The Morgan fingerprint density at radius 2 is 1.55 bits per heavy atom. The molecule has 0 saturated carbocycles. The van der Waals surface area contributed by atoms with Crippen LogP contribution in [-0.2, 0) is 27.4 Å². The van der Waals surface area contributed by atoms with Crippen LogP contribution in [0.3, 0.4) is 0 Å². The number of hydrogen-bond acceptors (Lipinski definition) is 6. The molecule has 2 amide bonds. The summed E-state index contributed by atoms with van der Waals surface area (Å²) < 4.78 is 5.50. The number of benzene rings is 3. The minimum absolute atomic E-state index is 0.153. The van der Waals surface area contributed by atoms with E-state index in [1.54, 1.807) is 21.9 Å². The van der Waals surface area contributed by atoms with E-state index in [4.69, 9.17) is 10.5 Å². The summed E-state index contributed by atoms with van der Waals surface area (Å²) in [4.78, 5) is 55.6. The number of rotatable bonds is 6. The largest absolute Gasteiger partial charge is 0.478 e. The average molecular weight is 572 g/mol. The van der Waals surface area contributed by atoms with Crippen LogP contribution in [0.25, 0.3) is 10.8 Å². The molecule has 3 aromatic carbocycles. The van der Waals surface area contributed by atoms with Gasteiger partial charge in [0.15, 0.2) is 0 Å². The molecule has 3 N–H and O–H groups in total. The molecule has 0 radical (unpaired) electrons. The van der Waals surface area contributed by atoms with E-state index < -0.39 is 35.5 Å². The highest BCUT2D eigenvalue weighted by Gasteiger charge is 2.42. The van der Waals surface area contributed by atoms with E-state index in [0.717, 1.165) is 21.9 Å². The molecular weight excluding hydrogens is 534 g/mol. The summed E-state index contributed by atoms with van der Waals surface area (Å²) in [6, 6.07) is 17.5. The number of carbonyl (C=O) groups is 4. The van der Waals surface area contributed by atoms with Gasteiger partial charge < -0.3 is 25.4 Å². The normalized spacial score (nSPS) is 17.0. The van der Waals surface area contributed by atoms with Crippen molar-refractivity contribution in [1.82, 2.24) is 9.80 Å². The summed E-state index contributed by atoms with van der Waals surface area (Å²) in [5.41, 5.74) is 8.62. The lowest BCUT2D eigenvalue weighted by Crippen LogP contribution is -2.48. The van der Waals surface area contributed by atoms with Crippen molar-refractivity contribution in [3.05, 3.63) is 82.9 Å². The molecule has 1 fully saturated rings. The Kier molecular flexibility index (Phi) is 8.06. The molecule has 9 heteroatoms. The van der Waals surface area contributed by atoms with Gasteiger partial charge in [-0.3, -0.25) is 9.59 Å². The lowest BCUT2D eigenvalue weighted by Gasteiger charge is -2.35. The molecule has 3 aromatic rings. The topological polar surface area (TPSA) is 130 Å². The van der Waals surface area contributed by atoms with Gasteiger partial charge in [-0.25, -0.2) is 9.59 Å². The van der Waals surface area contributed by atoms with Crippen molar-refractivity contribution in [2.75, 3.05) is 13.1 Å². The first-order valence-corrected chi connectivity index (χ1v) is 14.3. The Morgan fingerprint density at radius 1 is 0.881 bits per heavy atom. The maximum absolute atomic E-state index is 14.2. The second-order valence-electron chi connectivity index (χ2n) is 12.2. The first-order chi connectivity index (χ1) is 19.9. The molecule has 0 aromatic heterocycles. The third-order valence-electron chi connectivity index (χ3n) is 8.13. The fourth-order valence-electron chi connectivity index (χ4n) is 5.87. The zero-order valence-electron chi connectivity index (χ0n) is 24.2. The van der Waals surface area contributed by atoms with Gasteiger partial charge >= 0.3 is 12.1 Å². The number of carboxylic acid groups (broad SMARTS) is 1. The van der Waals surface area contributed by atoms with Gasteiger partial charge in [-0.1, -0.05) is 42.5 Å². The highest BCUT2D eigenvalue weighted by molar-refractivity contribution is 6.03. The standard InChI is InChI=1S/C33H37N3O6/c1-33(2,3)42-32(41)35-14-12-21(13-15-35)29(37)27(28(34)23-9-8-20-6-4-5-7-22(20)16-23)30(38)36-18-25-11-10-24(31(39)40)17-26(25)19-36/h4-11,16-17,21,27-28H,12-15,18-19,34H2,1-3H3,(H,39,40)/t27-,28?/m1/s1. The zero-order valence-corrected chi connectivity index (χ0v) is 24.2. The molecule has 220 valence electrons. The van der Waals surface area contributed by atoms with Crippen molar-refractivity contribution in [1.29, 1.82) is 0 Å². The lowest BCUT2D eigenvalue weighted by atomic mass is 9.79. The van der Waals surface area contributed by atoms with Gasteiger partial charge in [0, 0.05) is 38.1 Å². The Bertz CT molecular complexity index is 1540. The number of piperidine rings is 1. The fraction of sp³-hybridized carbons (Fsp3) is 0.394. The van der Waals surface area contributed by atoms with Gasteiger partial charge in [-0.2, -0.15) is 0 Å². The highest BCUT2D eigenvalue weighted by Crippen LogP contribution is 2.34. The second kappa shape index (κ2) is 11.6. The van der Waals surface area contributed by atoms with Crippen molar-refractivity contribution in [3.8, 4) is 0 Å². The van der Waals surface area contributed by atoms with Gasteiger partial charge in [-0.05, 0) is 79.3 Å². The summed E-state index contributed by atoms with van der Waals surface area (Å²) >= 11 is 0. The molecule has 0 aliphatic carbocycles. The monoisotopic (exact) mass is 571 g/mol. The minimum atomic E-state index is -1.13. The summed E-state index contributed by atoms with van der Waals surface area (Å²) in [6.07, 6.45) is 0.410. The van der Waals surface area contributed by atoms with Crippen LogP contribution >= 0.6 is 0 Å². The molecule has 2 heterocycles. The molecule has 9 nitrogen and oxygen atoms in total. The molecule has 2 atom stereocenters. The van der Waals surface area contributed by atoms with E-state index in [1.165, 1.54) is 6.07 Å². The molecule has 1 saturated heterocycles. The number of carboxylic acids is 1. The van der Waals surface area contributed by atoms with Gasteiger partial charge in [0.05, 0.1) is 5.56 Å². The summed E-state index contributed by atoms with van der Waals surface area (Å²) in [5, 5.41) is 11.4. The zero-order chi connectivity index (χ0) is 30.2. The molecule has 5 rings (SSSR count). The number of Topliss-reactive ketones (excluding diaryl/α,β-unsaturated/α-hetero) is 1. The van der Waals surface area contributed by atoms with Crippen LogP contribution in [0.2, 0.25) is 0 Å². The SMILES string of the molecule is CC(C)(C)OC(=O)N1CCC(C(=O)[C@H](C(=O)N2Cc3ccc(C(=O)O)cc3C2)C(N)c2ccc3ccccc3c2)CC1. The number of nitrogens with two attached hydrogens (primary N) is 1. The molecule has 0 spiro atoms. The van der Waals surface area contributed by atoms with Gasteiger partial charge in [0.25, 0.3) is 0 Å². The van der Waals surface area contributed by atoms with E-state index in [9.17, 15) is 24.3 Å². The number of carbonyl (C=O) groups excluding carboxylic acids is 3. The first kappa shape index (κ1) is 29.3. The van der Waals surface area contributed by atoms with E-state index in [1.807, 2.05) is 63.2 Å². The van der Waals surface area contributed by atoms with Crippen molar-refractivity contribution in [2.45, 2.75) is 58.3 Å². The Hall–Kier alpha value is -4.24. The van der Waals surface area contributed by atoms with Crippen LogP contribution < -0.4 is 5.73 Å². The average Bonchev–Trinajstić information content (AvgIpc) is 3.40.